The number of rotatable bonds is 10. The van der Waals surface area contributed by atoms with Crippen LogP contribution in [0.1, 0.15) is 63.8 Å². The number of fused-ring (bicyclic) bond motifs is 12. The molecule has 3 fully saturated rings. The number of nitrogens with zero attached hydrogens (tertiary/aromatic N) is 12. The molecule has 0 unspecified atom stereocenters. The van der Waals surface area contributed by atoms with E-state index in [1.54, 1.807) is 0 Å². The lowest BCUT2D eigenvalue weighted by Gasteiger charge is -2.35. The molecule has 15 heterocycles. The average molecular weight is 1600 g/mol. The van der Waals surface area contributed by atoms with Gasteiger partial charge in [0.25, 0.3) is 0 Å². The van der Waals surface area contributed by atoms with Gasteiger partial charge in [0, 0.05) is 225 Å². The largest absolute Gasteiger partial charge is 0.493 e. The van der Waals surface area contributed by atoms with Gasteiger partial charge in [-0.25, -0.2) is 0 Å². The second-order valence-electron chi connectivity index (χ2n) is 33.5. The van der Waals surface area contributed by atoms with Gasteiger partial charge in [0.1, 0.15) is 0 Å². The van der Waals surface area contributed by atoms with E-state index in [-0.39, 0.29) is 16.2 Å². The molecule has 3 saturated heterocycles. The third-order valence-electron chi connectivity index (χ3n) is 22.7. The predicted molar refractivity (Wildman–Crippen MR) is 475 cm³/mol. The second kappa shape index (κ2) is 30.3. The normalized spacial score (nSPS) is 15.4. The first kappa shape index (κ1) is 75.2. The van der Waals surface area contributed by atoms with Crippen molar-refractivity contribution in [3.63, 3.8) is 0 Å². The fourth-order valence-electron chi connectivity index (χ4n) is 16.9. The Balaban J connectivity index is 0.000000146. The maximum atomic E-state index is 6.04. The van der Waals surface area contributed by atoms with Crippen molar-refractivity contribution in [1.82, 2.24) is 58.1 Å². The van der Waals surface area contributed by atoms with E-state index in [4.69, 9.17) is 27.9 Å². The fraction of sp³-hybridized carbons (Fsp3) is 0.200. The topological polar surface area (TPSA) is 178 Å². The average Bonchev–Trinajstić information content (AvgIpc) is 1.59. The Morgan fingerprint density at radius 2 is 0.470 bits per heavy atom. The van der Waals surface area contributed by atoms with Crippen LogP contribution in [0.25, 0.3) is 143 Å². The van der Waals surface area contributed by atoms with E-state index in [2.05, 4.69) is 289 Å². The molecule has 18 nitrogen and oxygen atoms in total. The summed E-state index contributed by atoms with van der Waals surface area (Å²) in [6.07, 6.45) is 30.2. The zero-order valence-corrected chi connectivity index (χ0v) is 68.5. The molecule has 117 heavy (non-hydrogen) atoms. The summed E-state index contributed by atoms with van der Waals surface area (Å²) in [7, 11) is -1.26. The van der Waals surface area contributed by atoms with Gasteiger partial charge in [-0.1, -0.05) is 93.9 Å². The quantitative estimate of drug-likeness (QED) is 0.118. The van der Waals surface area contributed by atoms with Crippen LogP contribution in [0.5, 0.6) is 0 Å². The van der Waals surface area contributed by atoms with Gasteiger partial charge in [0.15, 0.2) is 0 Å². The van der Waals surface area contributed by atoms with Gasteiger partial charge >= 0.3 is 21.4 Å². The van der Waals surface area contributed by atoms with Gasteiger partial charge in [-0.05, 0) is 221 Å². The number of pyridine rings is 8. The molecule has 0 spiro atoms. The monoisotopic (exact) mass is 1600 g/mol. The molecular weight excluding hydrogens is 1520 g/mol. The van der Waals surface area contributed by atoms with E-state index in [1.807, 2.05) is 111 Å². The van der Waals surface area contributed by atoms with Gasteiger partial charge in [-0.2, -0.15) is 0 Å². The van der Waals surface area contributed by atoms with Crippen molar-refractivity contribution in [2.45, 2.75) is 69.2 Å². The standard InChI is InChI=1S/C57H39N9.C21H33B3O6.C17H12BrN3/c1-34-22-40(64-52-10-16-58-28-46(52)47-29-59-17-11-53(47)64)4-7-43(34)37-25-38(44-8-5-41(23-35(44)2)65-54-12-18-60-30-48(54)49-31-61-19-13-55(49)65)27-39(26-37)45-9-6-42(24-36(45)3)66-56-14-20-62-32-50(56)51-33-63-21-15-57(51)66;1-19(2)10-25-22(26-11-19)16-7-17(23-27-12-20(3,4)13-28-23)9-18(8-16)24-29-14-21(5,6)15-30-24;1-11-8-12(2-3-15(11)18)21-16-4-6-19-9-13(16)14-10-20-7-5-17(14)21/h4-33H,1-3H3;7-9H,10-15H2,1-6H3;2-10H,1H3. The number of benzene rings is 6. The number of aryl methyl sites for hydroxylation is 4. The molecule has 0 atom stereocenters. The van der Waals surface area contributed by atoms with Crippen LogP contribution in [0.15, 0.2) is 261 Å². The molecule has 3 aliphatic rings. The molecule has 0 aliphatic carbocycles. The maximum Gasteiger partial charge on any atom is 0.493 e. The van der Waals surface area contributed by atoms with Crippen LogP contribution in [0.3, 0.4) is 0 Å². The summed E-state index contributed by atoms with van der Waals surface area (Å²) in [4.78, 5) is 35.2. The van der Waals surface area contributed by atoms with Crippen LogP contribution < -0.4 is 16.4 Å². The number of halogens is 1. The Morgan fingerprint density at radius 3 is 0.675 bits per heavy atom. The lowest BCUT2D eigenvalue weighted by molar-refractivity contribution is 0.0333. The molecule has 0 amide bonds. The second-order valence-corrected chi connectivity index (χ2v) is 34.4. The molecule has 6 aromatic carbocycles. The summed E-state index contributed by atoms with van der Waals surface area (Å²) < 4.78 is 46.6. The number of aromatic nitrogens is 12. The summed E-state index contributed by atoms with van der Waals surface area (Å²) in [6.45, 7) is 25.5. The van der Waals surface area contributed by atoms with Gasteiger partial charge in [-0.15, -0.1) is 0 Å². The van der Waals surface area contributed by atoms with Crippen molar-refractivity contribution in [1.29, 1.82) is 0 Å². The van der Waals surface area contributed by atoms with E-state index in [9.17, 15) is 0 Å². The fourth-order valence-corrected chi connectivity index (χ4v) is 17.2. The highest BCUT2D eigenvalue weighted by Crippen LogP contribution is 2.42. The summed E-state index contributed by atoms with van der Waals surface area (Å²) in [5.74, 6) is 0. The summed E-state index contributed by atoms with van der Waals surface area (Å²) in [5, 5.41) is 8.76. The highest BCUT2D eigenvalue weighted by molar-refractivity contribution is 9.10. The minimum Gasteiger partial charge on any atom is -0.407 e. The minimum absolute atomic E-state index is 0.0132. The van der Waals surface area contributed by atoms with E-state index in [1.165, 1.54) is 38.9 Å². The third-order valence-corrected chi connectivity index (χ3v) is 23.6. The Labute approximate surface area is 687 Å². The molecule has 0 bridgehead atoms. The molecule has 18 aromatic rings. The SMILES string of the molecule is CC1(C)COB(c2cc(B3OCC(C)(C)CO3)cc(B3OCC(C)(C)CO3)c2)OC1.Cc1cc(-n2c3ccncc3c3cnccc32)ccc1-c1cc(-c2ccc(-n3c4ccncc4c4cnccc43)cc2C)cc(-c2ccc(-n3c4ccncc4c4cnccc43)cc2C)c1.Cc1cc(-n2c3ccncc3c3cnccc32)ccc1Br. The Morgan fingerprint density at radius 1 is 0.265 bits per heavy atom. The van der Waals surface area contributed by atoms with Crippen molar-refractivity contribution in [2.75, 3.05) is 39.6 Å². The van der Waals surface area contributed by atoms with E-state index in [0.29, 0.717) is 39.6 Å². The predicted octanol–water partition coefficient (Wildman–Crippen LogP) is 18.9. The van der Waals surface area contributed by atoms with Gasteiger partial charge in [0.2, 0.25) is 0 Å². The summed E-state index contributed by atoms with van der Waals surface area (Å²) in [5.41, 5.74) is 27.9. The van der Waals surface area contributed by atoms with Crippen molar-refractivity contribution in [3.8, 4) is 56.1 Å². The molecule has 0 saturated carbocycles. The van der Waals surface area contributed by atoms with Gasteiger partial charge < -0.3 is 46.2 Å². The first-order chi connectivity index (χ1) is 56.8. The Kier molecular flexibility index (Phi) is 19.5. The molecule has 21 rings (SSSR count). The first-order valence-electron chi connectivity index (χ1n) is 39.6. The molecule has 3 aliphatic heterocycles. The number of hydrogen-bond acceptors (Lipinski definition) is 14. The van der Waals surface area contributed by atoms with Crippen molar-refractivity contribution in [2.24, 2.45) is 16.2 Å². The third kappa shape index (κ3) is 14.3. The summed E-state index contributed by atoms with van der Waals surface area (Å²) in [6, 6.07) is 56.7. The van der Waals surface area contributed by atoms with Crippen molar-refractivity contribution < 1.29 is 27.9 Å². The number of hydrogen-bond donors (Lipinski definition) is 0. The van der Waals surface area contributed by atoms with Gasteiger partial charge in [0.05, 0.1) is 44.1 Å². The first-order valence-corrected chi connectivity index (χ1v) is 40.4. The van der Waals surface area contributed by atoms with Crippen LogP contribution in [0.2, 0.25) is 0 Å². The smallest absolute Gasteiger partial charge is 0.407 e. The van der Waals surface area contributed by atoms with Crippen LogP contribution >= 0.6 is 15.9 Å². The van der Waals surface area contributed by atoms with Crippen LogP contribution in [-0.4, -0.2) is 119 Å². The zero-order chi connectivity index (χ0) is 80.0. The van der Waals surface area contributed by atoms with E-state index in [0.717, 1.165) is 148 Å². The lowest BCUT2D eigenvalue weighted by Crippen LogP contribution is -2.55. The highest BCUT2D eigenvalue weighted by Gasteiger charge is 2.40. The lowest BCUT2D eigenvalue weighted by atomic mass is 9.64. The molecular formula is C95H84B3BrN12O6. The Hall–Kier alpha value is -11.8. The molecule has 0 N–H and O–H groups in total. The molecule has 576 valence electrons. The minimum atomic E-state index is -0.420. The van der Waals surface area contributed by atoms with Gasteiger partial charge in [-0.3, -0.25) is 39.9 Å². The maximum absolute atomic E-state index is 6.04. The van der Waals surface area contributed by atoms with Crippen molar-refractivity contribution in [3.05, 3.63) is 284 Å². The summed E-state index contributed by atoms with van der Waals surface area (Å²) >= 11 is 3.56. The van der Waals surface area contributed by atoms with Crippen molar-refractivity contribution >= 4 is 141 Å². The molecule has 0 radical (unpaired) electrons. The highest BCUT2D eigenvalue weighted by atomic mass is 79.9. The zero-order valence-electron chi connectivity index (χ0n) is 66.9. The van der Waals surface area contributed by atoms with E-state index < -0.39 is 21.4 Å². The van der Waals surface area contributed by atoms with Crippen LogP contribution in [0, 0.1) is 43.9 Å². The molecule has 22 heteroatoms. The van der Waals surface area contributed by atoms with Crippen LogP contribution in [0.4, 0.5) is 0 Å². The molecule has 12 aromatic heterocycles. The van der Waals surface area contributed by atoms with Crippen LogP contribution in [-0.2, 0) is 27.9 Å². The van der Waals surface area contributed by atoms with E-state index >= 15 is 0 Å². The Bertz CT molecular complexity index is 6150.